The maximum absolute atomic E-state index is 14.0. The average Bonchev–Trinajstić information content (AvgIpc) is 2.82. The molecule has 0 saturated heterocycles. The number of amides is 1. The molecule has 0 heterocycles. The summed E-state index contributed by atoms with van der Waals surface area (Å²) in [4.78, 5) is 53.5. The van der Waals surface area contributed by atoms with Gasteiger partial charge in [0.25, 0.3) is 5.91 Å². The first-order chi connectivity index (χ1) is 17.2. The molecule has 3 aliphatic carbocycles. The van der Waals surface area contributed by atoms with Crippen molar-refractivity contribution in [1.29, 1.82) is 0 Å². The molecule has 6 N–H and O–H groups in total. The van der Waals surface area contributed by atoms with E-state index in [0.717, 1.165) is 0 Å². The monoisotopic (exact) mass is 512 g/mol. The number of aliphatic hydroxyl groups excluding tert-OH is 2. The summed E-state index contributed by atoms with van der Waals surface area (Å²) in [6, 6.07) is 1.71. The van der Waals surface area contributed by atoms with E-state index in [1.54, 1.807) is 19.1 Å². The number of Topliss-reactive ketones (excluding diaryl/α,β-unsaturated/α-hetero) is 2. The lowest BCUT2D eigenvalue weighted by Crippen LogP contribution is -2.70. The van der Waals surface area contributed by atoms with Gasteiger partial charge in [-0.1, -0.05) is 25.6 Å². The summed E-state index contributed by atoms with van der Waals surface area (Å²) in [5, 5.41) is 44.9. The third-order valence-electron chi connectivity index (χ3n) is 7.47. The normalized spacial score (nSPS) is 29.2. The van der Waals surface area contributed by atoms with E-state index in [9.17, 15) is 39.6 Å². The number of ketones is 2. The summed E-state index contributed by atoms with van der Waals surface area (Å²) in [5.41, 5.74) is 1.59. The molecule has 0 radical (unpaired) electrons. The number of nitrogens with zero attached hydrogens (tertiary/aromatic N) is 1. The molecule has 1 saturated carbocycles. The third kappa shape index (κ3) is 3.34. The average molecular weight is 513 g/mol. The molecule has 0 unspecified atom stereocenters. The van der Waals surface area contributed by atoms with Crippen LogP contribution in [0.5, 0.6) is 5.75 Å². The first-order valence-electron chi connectivity index (χ1n) is 11.6. The summed E-state index contributed by atoms with van der Waals surface area (Å²) >= 11 is 0. The Kier molecular flexibility index (Phi) is 6.04. The molecule has 5 atom stereocenters. The Labute approximate surface area is 212 Å². The van der Waals surface area contributed by atoms with Gasteiger partial charge in [0.1, 0.15) is 28.9 Å². The number of carbonyl (C=O) groups excluding carboxylic acids is 4. The Bertz CT molecular complexity index is 1360. The van der Waals surface area contributed by atoms with E-state index in [1.807, 2.05) is 0 Å². The number of rotatable bonds is 4. The lowest BCUT2D eigenvalue weighted by Gasteiger charge is -2.53. The van der Waals surface area contributed by atoms with Crippen molar-refractivity contribution in [2.45, 2.75) is 38.0 Å². The summed E-state index contributed by atoms with van der Waals surface area (Å²) in [6.07, 6.45) is -1.60. The molecule has 4 rings (SSSR count). The van der Waals surface area contributed by atoms with E-state index in [1.165, 1.54) is 25.9 Å². The predicted molar refractivity (Wildman–Crippen MR) is 130 cm³/mol. The minimum atomic E-state index is -2.98. The van der Waals surface area contributed by atoms with Crippen molar-refractivity contribution in [1.82, 2.24) is 4.90 Å². The van der Waals surface area contributed by atoms with Gasteiger partial charge in [0, 0.05) is 6.42 Å². The third-order valence-corrected chi connectivity index (χ3v) is 7.47. The Morgan fingerprint density at radius 2 is 1.81 bits per heavy atom. The van der Waals surface area contributed by atoms with Crippen LogP contribution in [0.25, 0.3) is 11.3 Å². The second-order valence-corrected chi connectivity index (χ2v) is 9.71. The standard InChI is InChI=1S/C26H28N2O9/c1-6-12(29)37-22-13-10(3)11-8-7-9(2)19(30)14(11)20(31)15(13)23(33)26(36)17(22)18(28(4)5)21(32)16(24(26)34)25(27)35/h7-8,13,17-18,22,30-31,34,36H,3,6H2,1-2,4-5H3,(H2,27,35)/t13-,17-,18+,22+,26+/m1/s1. The van der Waals surface area contributed by atoms with Crippen LogP contribution in [-0.4, -0.2) is 80.6 Å². The highest BCUT2D eigenvalue weighted by atomic mass is 16.5. The van der Waals surface area contributed by atoms with Crippen LogP contribution in [0.4, 0.5) is 0 Å². The second-order valence-electron chi connectivity index (χ2n) is 9.71. The number of phenols is 1. The maximum Gasteiger partial charge on any atom is 0.305 e. The molecule has 196 valence electrons. The van der Waals surface area contributed by atoms with Gasteiger partial charge < -0.3 is 30.9 Å². The summed E-state index contributed by atoms with van der Waals surface area (Å²) in [5.74, 6) is -9.54. The summed E-state index contributed by atoms with van der Waals surface area (Å²) < 4.78 is 5.71. The largest absolute Gasteiger partial charge is 0.508 e. The van der Waals surface area contributed by atoms with Crippen LogP contribution >= 0.6 is 0 Å². The predicted octanol–water partition coefficient (Wildman–Crippen LogP) is 0.675. The van der Waals surface area contributed by atoms with Crippen LogP contribution in [-0.2, 0) is 23.9 Å². The van der Waals surface area contributed by atoms with Gasteiger partial charge in [-0.05, 0) is 37.7 Å². The first-order valence-corrected chi connectivity index (χ1v) is 11.6. The Hall–Kier alpha value is -3.96. The fourth-order valence-electron chi connectivity index (χ4n) is 5.70. The van der Waals surface area contributed by atoms with Crippen LogP contribution in [0.3, 0.4) is 0 Å². The van der Waals surface area contributed by atoms with E-state index >= 15 is 0 Å². The molecule has 11 heteroatoms. The van der Waals surface area contributed by atoms with Crippen molar-refractivity contribution in [3.8, 4) is 5.75 Å². The van der Waals surface area contributed by atoms with Crippen LogP contribution in [0.1, 0.15) is 30.0 Å². The number of esters is 1. The molecule has 1 aromatic carbocycles. The Morgan fingerprint density at radius 1 is 1.19 bits per heavy atom. The quantitative estimate of drug-likeness (QED) is 0.283. The molecule has 1 amide bonds. The number of fused-ring (bicyclic) bond motifs is 3. The molecule has 3 aliphatic rings. The smallest absolute Gasteiger partial charge is 0.305 e. The van der Waals surface area contributed by atoms with Crippen LogP contribution in [0.2, 0.25) is 0 Å². The Balaban J connectivity index is 2.13. The molecule has 0 aliphatic heterocycles. The van der Waals surface area contributed by atoms with Crippen LogP contribution < -0.4 is 5.73 Å². The zero-order valence-corrected chi connectivity index (χ0v) is 20.7. The number of aromatic hydroxyl groups is 1. The second kappa shape index (κ2) is 8.56. The highest BCUT2D eigenvalue weighted by molar-refractivity contribution is 6.25. The number of hydrogen-bond donors (Lipinski definition) is 5. The molecule has 11 nitrogen and oxygen atoms in total. The van der Waals surface area contributed by atoms with E-state index < -0.39 is 75.7 Å². The molecule has 1 aromatic rings. The van der Waals surface area contributed by atoms with Gasteiger partial charge in [-0.25, -0.2) is 0 Å². The van der Waals surface area contributed by atoms with Gasteiger partial charge in [0.15, 0.2) is 11.4 Å². The fraction of sp³-hybridized carbons (Fsp3) is 0.385. The minimum absolute atomic E-state index is 0.106. The van der Waals surface area contributed by atoms with Crippen molar-refractivity contribution in [3.05, 3.63) is 52.3 Å². The SMILES string of the molecule is C=C1c2ccc(C)c(O)c2C(O)=C2C(=O)[C@]3(O)C(O)=C(C(N)=O)C(=O)[C@@H](N(C)C)[C@@H]3[C@@H](OC(=O)CC)[C@H]12. The van der Waals surface area contributed by atoms with E-state index in [0.29, 0.717) is 5.56 Å². The van der Waals surface area contributed by atoms with Gasteiger partial charge in [-0.15, -0.1) is 0 Å². The number of carbonyl (C=O) groups is 4. The van der Waals surface area contributed by atoms with Crippen LogP contribution in [0, 0.1) is 18.8 Å². The lowest BCUT2D eigenvalue weighted by molar-refractivity contribution is -0.181. The minimum Gasteiger partial charge on any atom is -0.508 e. The number of hydrogen-bond acceptors (Lipinski definition) is 10. The maximum atomic E-state index is 14.0. The number of nitrogens with two attached hydrogens (primary N) is 1. The first kappa shape index (κ1) is 26.1. The fourth-order valence-corrected chi connectivity index (χ4v) is 5.70. The van der Waals surface area contributed by atoms with Gasteiger partial charge in [-0.3, -0.25) is 24.1 Å². The van der Waals surface area contributed by atoms with E-state index in [2.05, 4.69) is 6.58 Å². The van der Waals surface area contributed by atoms with Gasteiger partial charge in [-0.2, -0.15) is 0 Å². The zero-order valence-electron chi connectivity index (χ0n) is 20.7. The Morgan fingerprint density at radius 3 is 2.35 bits per heavy atom. The molecule has 0 bridgehead atoms. The van der Waals surface area contributed by atoms with Gasteiger partial charge >= 0.3 is 5.97 Å². The number of aliphatic hydroxyl groups is 3. The molecular formula is C26H28N2O9. The number of ether oxygens (including phenoxy) is 1. The molecule has 1 fully saturated rings. The lowest BCUT2D eigenvalue weighted by atomic mass is 9.55. The molecule has 37 heavy (non-hydrogen) atoms. The van der Waals surface area contributed by atoms with E-state index in [-0.39, 0.29) is 28.9 Å². The molecule has 0 aromatic heterocycles. The van der Waals surface area contributed by atoms with E-state index in [4.69, 9.17) is 10.5 Å². The number of primary amides is 1. The number of benzene rings is 1. The van der Waals surface area contributed by atoms with Crippen molar-refractivity contribution >= 4 is 34.8 Å². The van der Waals surface area contributed by atoms with Crippen LogP contribution in [0.15, 0.2) is 35.6 Å². The highest BCUT2D eigenvalue weighted by Gasteiger charge is 2.69. The molecule has 0 spiro atoms. The topological polar surface area (TPSA) is 188 Å². The van der Waals surface area contributed by atoms with Crippen molar-refractivity contribution < 1.29 is 44.3 Å². The van der Waals surface area contributed by atoms with Crippen molar-refractivity contribution in [3.63, 3.8) is 0 Å². The highest BCUT2D eigenvalue weighted by Crippen LogP contribution is 2.56. The van der Waals surface area contributed by atoms with Crippen molar-refractivity contribution in [2.75, 3.05) is 14.1 Å². The van der Waals surface area contributed by atoms with Gasteiger partial charge in [0.05, 0.1) is 29.0 Å². The summed E-state index contributed by atoms with van der Waals surface area (Å²) in [6.45, 7) is 7.13. The molecular weight excluding hydrogens is 484 g/mol. The number of likely N-dealkylation sites (N-methyl/N-ethyl adjacent to an activating group) is 1. The van der Waals surface area contributed by atoms with Gasteiger partial charge in [0.2, 0.25) is 5.78 Å². The summed E-state index contributed by atoms with van der Waals surface area (Å²) in [7, 11) is 2.89. The van der Waals surface area contributed by atoms with Crippen molar-refractivity contribution in [2.24, 2.45) is 17.6 Å². The zero-order chi connectivity index (χ0) is 27.7. The number of phenolic OH excluding ortho intramolecular Hbond substituents is 1. The number of aryl methyl sites for hydroxylation is 1.